The van der Waals surface area contributed by atoms with Crippen molar-refractivity contribution >= 4 is 16.0 Å². The van der Waals surface area contributed by atoms with E-state index in [9.17, 15) is 26.4 Å². The first-order valence-corrected chi connectivity index (χ1v) is 12.0. The van der Waals surface area contributed by atoms with Crippen LogP contribution in [0.15, 0.2) is 47.4 Å². The van der Waals surface area contributed by atoms with Crippen molar-refractivity contribution in [2.24, 2.45) is 0 Å². The lowest BCUT2D eigenvalue weighted by molar-refractivity contribution is -0.137. The maximum atomic E-state index is 13.0. The van der Waals surface area contributed by atoms with Gasteiger partial charge in [-0.25, -0.2) is 0 Å². The molecule has 0 unspecified atom stereocenters. The molecule has 0 spiro atoms. The third-order valence-corrected chi connectivity index (χ3v) is 6.14. The van der Waals surface area contributed by atoms with Crippen LogP contribution >= 0.6 is 0 Å². The minimum absolute atomic E-state index is 0.0695. The molecule has 0 fully saturated rings. The number of alkyl halides is 3. The number of carbonyl (C=O) groups excluding carboxylic acids is 1. The summed E-state index contributed by atoms with van der Waals surface area (Å²) in [6, 6.07) is 7.78. The number of methoxy groups -OCH3 is 2. The largest absolute Gasteiger partial charge is 0.493 e. The highest BCUT2D eigenvalue weighted by molar-refractivity contribution is 7.87. The Balaban J connectivity index is 2.33. The zero-order valence-electron chi connectivity index (χ0n) is 19.2. The number of nitrogens with zero attached hydrogens (tertiary/aromatic N) is 1. The number of amides is 1. The number of hydrogen-bond donors (Lipinski definition) is 0. The molecule has 34 heavy (non-hydrogen) atoms. The number of rotatable bonds is 12. The Labute approximate surface area is 197 Å². The molecule has 188 valence electrons. The van der Waals surface area contributed by atoms with Gasteiger partial charge < -0.3 is 18.6 Å². The van der Waals surface area contributed by atoms with E-state index in [0.29, 0.717) is 31.2 Å². The molecule has 1 amide bonds. The van der Waals surface area contributed by atoms with Crippen molar-refractivity contribution in [3.63, 3.8) is 0 Å². The topological polar surface area (TPSA) is 82.1 Å². The molecule has 2 aromatic rings. The van der Waals surface area contributed by atoms with E-state index in [-0.39, 0.29) is 24.0 Å². The van der Waals surface area contributed by atoms with Crippen molar-refractivity contribution in [2.45, 2.75) is 43.8 Å². The summed E-state index contributed by atoms with van der Waals surface area (Å²) >= 11 is 0. The van der Waals surface area contributed by atoms with Crippen LogP contribution in [0.5, 0.6) is 11.5 Å². The molecule has 0 saturated heterocycles. The van der Waals surface area contributed by atoms with Crippen LogP contribution in [0.1, 0.15) is 37.3 Å². The van der Waals surface area contributed by atoms with E-state index in [0.717, 1.165) is 31.0 Å². The Kier molecular flexibility index (Phi) is 9.75. The molecule has 2 aromatic carbocycles. The fraction of sp³-hybridized carbons (Fsp3) is 0.435. The quantitative estimate of drug-likeness (QED) is 0.393. The van der Waals surface area contributed by atoms with Crippen LogP contribution in [-0.2, 0) is 32.4 Å². The number of hydrogen-bond acceptors (Lipinski definition) is 6. The lowest BCUT2D eigenvalue weighted by Crippen LogP contribution is -2.33. The summed E-state index contributed by atoms with van der Waals surface area (Å²) in [6.07, 6.45) is -2.75. The fourth-order valence-corrected chi connectivity index (χ4v) is 4.06. The van der Waals surface area contributed by atoms with Gasteiger partial charge in [0.1, 0.15) is 4.90 Å². The van der Waals surface area contributed by atoms with Gasteiger partial charge in [-0.1, -0.05) is 25.5 Å². The van der Waals surface area contributed by atoms with Crippen molar-refractivity contribution in [3.05, 3.63) is 53.6 Å². The van der Waals surface area contributed by atoms with Gasteiger partial charge in [0.25, 0.3) is 0 Å². The molecule has 0 saturated carbocycles. The summed E-state index contributed by atoms with van der Waals surface area (Å²) < 4.78 is 79.9. The minimum atomic E-state index is -4.71. The van der Waals surface area contributed by atoms with Crippen LogP contribution in [0.2, 0.25) is 0 Å². The molecular formula is C23H28F3NO6S. The van der Waals surface area contributed by atoms with Gasteiger partial charge in [-0.3, -0.25) is 4.79 Å². The standard InChI is InChI=1S/C23H28F3NO6S/c1-4-5-9-22(28)27(12-13-31-2)16-17-10-11-20(32-3)21(14-17)33-34(29,30)19-8-6-7-18(15-19)23(24,25)26/h6-8,10-11,14-15H,4-5,9,12-13,16H2,1-3H3. The van der Waals surface area contributed by atoms with Crippen molar-refractivity contribution < 1.29 is 40.0 Å². The van der Waals surface area contributed by atoms with E-state index < -0.39 is 26.8 Å². The van der Waals surface area contributed by atoms with Gasteiger partial charge in [0, 0.05) is 26.6 Å². The van der Waals surface area contributed by atoms with E-state index in [1.807, 2.05) is 6.92 Å². The Morgan fingerprint density at radius 2 is 1.79 bits per heavy atom. The van der Waals surface area contributed by atoms with E-state index in [2.05, 4.69) is 0 Å². The second kappa shape index (κ2) is 12.1. The highest BCUT2D eigenvalue weighted by Gasteiger charge is 2.32. The van der Waals surface area contributed by atoms with Crippen LogP contribution < -0.4 is 8.92 Å². The van der Waals surface area contributed by atoms with Gasteiger partial charge in [-0.05, 0) is 42.3 Å². The molecule has 0 aliphatic heterocycles. The van der Waals surface area contributed by atoms with Crippen molar-refractivity contribution in [2.75, 3.05) is 27.4 Å². The summed E-state index contributed by atoms with van der Waals surface area (Å²) in [5, 5.41) is 0. The van der Waals surface area contributed by atoms with Gasteiger partial charge >= 0.3 is 16.3 Å². The molecule has 0 aromatic heterocycles. The third kappa shape index (κ3) is 7.63. The Morgan fingerprint density at radius 3 is 2.41 bits per heavy atom. The molecule has 11 heteroatoms. The van der Waals surface area contributed by atoms with Gasteiger partial charge in [0.2, 0.25) is 5.91 Å². The van der Waals surface area contributed by atoms with Gasteiger partial charge in [-0.15, -0.1) is 0 Å². The predicted molar refractivity (Wildman–Crippen MR) is 119 cm³/mol. The van der Waals surface area contributed by atoms with E-state index in [1.165, 1.54) is 26.4 Å². The van der Waals surface area contributed by atoms with Crippen molar-refractivity contribution in [3.8, 4) is 11.5 Å². The SMILES string of the molecule is CCCCC(=O)N(CCOC)Cc1ccc(OC)c(OS(=O)(=O)c2cccc(C(F)(F)F)c2)c1. The summed E-state index contributed by atoms with van der Waals surface area (Å²) in [7, 11) is -1.77. The van der Waals surface area contributed by atoms with Crippen LogP contribution in [0, 0.1) is 0 Å². The van der Waals surface area contributed by atoms with Gasteiger partial charge in [-0.2, -0.15) is 21.6 Å². The lowest BCUT2D eigenvalue weighted by Gasteiger charge is -2.23. The normalized spacial score (nSPS) is 11.8. The molecule has 7 nitrogen and oxygen atoms in total. The number of unbranched alkanes of at least 4 members (excludes halogenated alkanes) is 1. The Bertz CT molecular complexity index is 1070. The van der Waals surface area contributed by atoms with Crippen LogP contribution in [-0.4, -0.2) is 46.6 Å². The monoisotopic (exact) mass is 503 g/mol. The van der Waals surface area contributed by atoms with E-state index in [1.54, 1.807) is 11.0 Å². The molecule has 2 rings (SSSR count). The Morgan fingerprint density at radius 1 is 1.06 bits per heavy atom. The highest BCUT2D eigenvalue weighted by atomic mass is 32.2. The first-order chi connectivity index (χ1) is 16.0. The molecule has 0 aliphatic rings. The maximum Gasteiger partial charge on any atom is 0.416 e. The minimum Gasteiger partial charge on any atom is -0.493 e. The zero-order chi connectivity index (χ0) is 25.4. The number of carbonyl (C=O) groups is 1. The summed E-state index contributed by atoms with van der Waals surface area (Å²) in [5.74, 6) is -0.209. The molecule has 0 aliphatic carbocycles. The predicted octanol–water partition coefficient (Wildman–Crippen LogP) is 4.65. The lowest BCUT2D eigenvalue weighted by atomic mass is 10.1. The van der Waals surface area contributed by atoms with Crippen molar-refractivity contribution in [1.29, 1.82) is 0 Å². The third-order valence-electron chi connectivity index (χ3n) is 4.91. The number of ether oxygens (including phenoxy) is 2. The first kappa shape index (κ1) is 27.5. The second-order valence-corrected chi connectivity index (χ2v) is 9.01. The molecule has 0 N–H and O–H groups in total. The molecule has 0 radical (unpaired) electrons. The van der Waals surface area contributed by atoms with Crippen LogP contribution in [0.3, 0.4) is 0 Å². The first-order valence-electron chi connectivity index (χ1n) is 10.6. The average molecular weight is 504 g/mol. The highest BCUT2D eigenvalue weighted by Crippen LogP contribution is 2.34. The number of halogens is 3. The molecule has 0 heterocycles. The Hall–Kier alpha value is -2.79. The average Bonchev–Trinajstić information content (AvgIpc) is 2.79. The van der Waals surface area contributed by atoms with Crippen LogP contribution in [0.4, 0.5) is 13.2 Å². The summed E-state index contributed by atoms with van der Waals surface area (Å²) in [4.78, 5) is 13.5. The van der Waals surface area contributed by atoms with Gasteiger partial charge in [0.05, 0.1) is 19.3 Å². The van der Waals surface area contributed by atoms with E-state index in [4.69, 9.17) is 13.7 Å². The van der Waals surface area contributed by atoms with E-state index >= 15 is 0 Å². The number of benzene rings is 2. The molecule has 0 atom stereocenters. The van der Waals surface area contributed by atoms with Crippen LogP contribution in [0.25, 0.3) is 0 Å². The maximum absolute atomic E-state index is 13.0. The fourth-order valence-electron chi connectivity index (χ4n) is 3.08. The molecular weight excluding hydrogens is 475 g/mol. The molecule has 0 bridgehead atoms. The van der Waals surface area contributed by atoms with Gasteiger partial charge in [0.15, 0.2) is 11.5 Å². The van der Waals surface area contributed by atoms with Crippen molar-refractivity contribution in [1.82, 2.24) is 4.90 Å². The second-order valence-electron chi connectivity index (χ2n) is 7.46. The summed E-state index contributed by atoms with van der Waals surface area (Å²) in [5.41, 5.74) is -0.562. The smallest absolute Gasteiger partial charge is 0.416 e. The summed E-state index contributed by atoms with van der Waals surface area (Å²) in [6.45, 7) is 2.80. The zero-order valence-corrected chi connectivity index (χ0v) is 20.0.